The fraction of sp³-hybridized carbons (Fsp3) is 0.455. The highest BCUT2D eigenvalue weighted by molar-refractivity contribution is 5.20. The molecule has 14 heavy (non-hydrogen) atoms. The Balaban J connectivity index is 2.68. The fourth-order valence-electron chi connectivity index (χ4n) is 1.49. The van der Waals surface area contributed by atoms with Gasteiger partial charge in [-0.3, -0.25) is 0 Å². The number of hydrogen-bond acceptors (Lipinski definition) is 2. The molecule has 0 bridgehead atoms. The second-order valence-electron chi connectivity index (χ2n) is 3.29. The lowest BCUT2D eigenvalue weighted by molar-refractivity contribution is 0.528. The Hall–Kier alpha value is -0.930. The van der Waals surface area contributed by atoms with E-state index in [0.717, 1.165) is 18.5 Å². The van der Waals surface area contributed by atoms with Crippen LogP contribution in [0.2, 0.25) is 0 Å². The monoisotopic (exact) mass is 196 g/mol. The first-order chi connectivity index (χ1) is 6.77. The smallest absolute Gasteiger partial charge is 0.123 e. The molecule has 0 aliphatic heterocycles. The Bertz CT molecular complexity index is 276. The Morgan fingerprint density at radius 1 is 1.36 bits per heavy atom. The van der Waals surface area contributed by atoms with Gasteiger partial charge < -0.3 is 10.6 Å². The van der Waals surface area contributed by atoms with Gasteiger partial charge in [-0.25, -0.2) is 4.39 Å². The molecule has 3 heteroatoms. The molecule has 0 saturated heterocycles. The summed E-state index contributed by atoms with van der Waals surface area (Å²) in [4.78, 5) is 0. The molecule has 0 aliphatic rings. The second-order valence-corrected chi connectivity index (χ2v) is 3.29. The molecule has 78 valence electrons. The molecule has 0 heterocycles. The van der Waals surface area contributed by atoms with Crippen LogP contribution >= 0.6 is 0 Å². The lowest BCUT2D eigenvalue weighted by atomic mass is 10.0. The van der Waals surface area contributed by atoms with E-state index in [1.54, 1.807) is 12.1 Å². The molecule has 1 atom stereocenters. The van der Waals surface area contributed by atoms with Crippen LogP contribution in [0.1, 0.15) is 18.0 Å². The van der Waals surface area contributed by atoms with Crippen LogP contribution in [-0.2, 0) is 0 Å². The maximum absolute atomic E-state index is 12.9. The van der Waals surface area contributed by atoms with Crippen LogP contribution in [0.15, 0.2) is 24.3 Å². The van der Waals surface area contributed by atoms with Gasteiger partial charge in [0.1, 0.15) is 5.82 Å². The zero-order chi connectivity index (χ0) is 10.4. The average molecular weight is 196 g/mol. The highest BCUT2D eigenvalue weighted by Crippen LogP contribution is 2.16. The Morgan fingerprint density at radius 2 is 2.14 bits per heavy atom. The van der Waals surface area contributed by atoms with E-state index in [-0.39, 0.29) is 11.9 Å². The topological polar surface area (TPSA) is 24.1 Å². The highest BCUT2D eigenvalue weighted by atomic mass is 19.1. The summed E-state index contributed by atoms with van der Waals surface area (Å²) in [6.07, 6.45) is 0.955. The summed E-state index contributed by atoms with van der Waals surface area (Å²) in [6, 6.07) is 6.96. The number of halogens is 1. The first-order valence-corrected chi connectivity index (χ1v) is 4.85. The van der Waals surface area contributed by atoms with Gasteiger partial charge in [0.15, 0.2) is 0 Å². The molecule has 1 aromatic rings. The maximum Gasteiger partial charge on any atom is 0.123 e. The third kappa shape index (κ3) is 3.09. The van der Waals surface area contributed by atoms with Gasteiger partial charge in [0.05, 0.1) is 0 Å². The first kappa shape index (κ1) is 11.1. The Labute approximate surface area is 84.5 Å². The maximum atomic E-state index is 12.9. The molecule has 0 spiro atoms. The summed E-state index contributed by atoms with van der Waals surface area (Å²) < 4.78 is 12.9. The molecule has 0 saturated carbocycles. The van der Waals surface area contributed by atoms with E-state index in [9.17, 15) is 4.39 Å². The lowest BCUT2D eigenvalue weighted by Crippen LogP contribution is -2.21. The normalized spacial score (nSPS) is 12.8. The van der Waals surface area contributed by atoms with Crippen LogP contribution in [0.25, 0.3) is 0 Å². The third-order valence-electron chi connectivity index (χ3n) is 2.28. The van der Waals surface area contributed by atoms with E-state index in [1.165, 1.54) is 6.07 Å². The van der Waals surface area contributed by atoms with Gasteiger partial charge in [-0.05, 0) is 44.8 Å². The van der Waals surface area contributed by atoms with Crippen molar-refractivity contribution in [2.75, 3.05) is 20.6 Å². The van der Waals surface area contributed by atoms with Crippen LogP contribution in [0.3, 0.4) is 0 Å². The van der Waals surface area contributed by atoms with Crippen LogP contribution in [-0.4, -0.2) is 20.6 Å². The minimum absolute atomic E-state index is 0.174. The zero-order valence-corrected chi connectivity index (χ0v) is 8.68. The number of rotatable bonds is 5. The SMILES string of the molecule is CNCCC(NC)c1cccc(F)c1. The van der Waals surface area contributed by atoms with E-state index in [2.05, 4.69) is 10.6 Å². The van der Waals surface area contributed by atoms with Crippen LogP contribution in [0.4, 0.5) is 4.39 Å². The van der Waals surface area contributed by atoms with Crippen LogP contribution < -0.4 is 10.6 Å². The van der Waals surface area contributed by atoms with E-state index < -0.39 is 0 Å². The van der Waals surface area contributed by atoms with Crippen molar-refractivity contribution in [3.63, 3.8) is 0 Å². The van der Waals surface area contributed by atoms with E-state index in [4.69, 9.17) is 0 Å². The molecule has 2 N–H and O–H groups in total. The average Bonchev–Trinajstić information content (AvgIpc) is 2.19. The summed E-state index contributed by atoms with van der Waals surface area (Å²) in [5.74, 6) is -0.174. The molecule has 0 amide bonds. The highest BCUT2D eigenvalue weighted by Gasteiger charge is 2.08. The van der Waals surface area contributed by atoms with Crippen molar-refractivity contribution >= 4 is 0 Å². The molecule has 1 rings (SSSR count). The lowest BCUT2D eigenvalue weighted by Gasteiger charge is -2.16. The van der Waals surface area contributed by atoms with Crippen LogP contribution in [0, 0.1) is 5.82 Å². The van der Waals surface area contributed by atoms with Crippen molar-refractivity contribution in [3.05, 3.63) is 35.6 Å². The van der Waals surface area contributed by atoms with Gasteiger partial charge in [0.2, 0.25) is 0 Å². The molecular formula is C11H17FN2. The quantitative estimate of drug-likeness (QED) is 0.749. The first-order valence-electron chi connectivity index (χ1n) is 4.85. The predicted molar refractivity (Wildman–Crippen MR) is 56.7 cm³/mol. The van der Waals surface area contributed by atoms with Crippen molar-refractivity contribution in [1.82, 2.24) is 10.6 Å². The van der Waals surface area contributed by atoms with Crippen LogP contribution in [0.5, 0.6) is 0 Å². The van der Waals surface area contributed by atoms with E-state index >= 15 is 0 Å². The molecular weight excluding hydrogens is 179 g/mol. The van der Waals surface area contributed by atoms with Gasteiger partial charge in [0, 0.05) is 6.04 Å². The van der Waals surface area contributed by atoms with Gasteiger partial charge in [-0.15, -0.1) is 0 Å². The van der Waals surface area contributed by atoms with Crippen molar-refractivity contribution in [3.8, 4) is 0 Å². The zero-order valence-electron chi connectivity index (χ0n) is 8.68. The fourth-order valence-corrected chi connectivity index (χ4v) is 1.49. The molecule has 1 unspecified atom stereocenters. The standard InChI is InChI=1S/C11H17FN2/c1-13-7-6-11(14-2)9-4-3-5-10(12)8-9/h3-5,8,11,13-14H,6-7H2,1-2H3. The van der Waals surface area contributed by atoms with Crippen molar-refractivity contribution in [2.45, 2.75) is 12.5 Å². The molecule has 0 radical (unpaired) electrons. The largest absolute Gasteiger partial charge is 0.320 e. The molecule has 0 aliphatic carbocycles. The number of hydrogen-bond donors (Lipinski definition) is 2. The third-order valence-corrected chi connectivity index (χ3v) is 2.28. The van der Waals surface area contributed by atoms with Gasteiger partial charge in [-0.1, -0.05) is 12.1 Å². The van der Waals surface area contributed by atoms with Gasteiger partial charge in [-0.2, -0.15) is 0 Å². The van der Waals surface area contributed by atoms with E-state index in [1.807, 2.05) is 20.2 Å². The van der Waals surface area contributed by atoms with Crippen molar-refractivity contribution in [1.29, 1.82) is 0 Å². The minimum Gasteiger partial charge on any atom is -0.320 e. The Kier molecular flexibility index (Phi) is 4.56. The minimum atomic E-state index is -0.174. The molecule has 2 nitrogen and oxygen atoms in total. The summed E-state index contributed by atoms with van der Waals surface area (Å²) in [6.45, 7) is 0.919. The van der Waals surface area contributed by atoms with Gasteiger partial charge >= 0.3 is 0 Å². The summed E-state index contributed by atoms with van der Waals surface area (Å²) in [5, 5.41) is 6.26. The number of nitrogens with one attached hydrogen (secondary N) is 2. The molecule has 1 aromatic carbocycles. The predicted octanol–water partition coefficient (Wildman–Crippen LogP) is 1.70. The van der Waals surface area contributed by atoms with E-state index in [0.29, 0.717) is 0 Å². The summed E-state index contributed by atoms with van der Waals surface area (Å²) in [5.41, 5.74) is 1.00. The number of benzene rings is 1. The summed E-state index contributed by atoms with van der Waals surface area (Å²) >= 11 is 0. The summed E-state index contributed by atoms with van der Waals surface area (Å²) in [7, 11) is 3.81. The second kappa shape index (κ2) is 5.73. The molecule has 0 aromatic heterocycles. The van der Waals surface area contributed by atoms with Crippen molar-refractivity contribution < 1.29 is 4.39 Å². The Morgan fingerprint density at radius 3 is 2.71 bits per heavy atom. The van der Waals surface area contributed by atoms with Gasteiger partial charge in [0.25, 0.3) is 0 Å². The molecule has 0 fully saturated rings. The van der Waals surface area contributed by atoms with Crippen molar-refractivity contribution in [2.24, 2.45) is 0 Å².